The summed E-state index contributed by atoms with van der Waals surface area (Å²) in [7, 11) is 1.23. The van der Waals surface area contributed by atoms with Gasteiger partial charge in [0.15, 0.2) is 11.6 Å². The zero-order valence-electron chi connectivity index (χ0n) is 8.51. The van der Waals surface area contributed by atoms with Gasteiger partial charge in [0, 0.05) is 0 Å². The third kappa shape index (κ3) is 2.70. The SMILES string of the molecule is COc1ccc(C#CCC(N)=O)c(F)c1F. The molecule has 0 saturated carbocycles. The van der Waals surface area contributed by atoms with E-state index in [1.54, 1.807) is 0 Å². The van der Waals surface area contributed by atoms with Gasteiger partial charge in [-0.05, 0) is 12.1 Å². The lowest BCUT2D eigenvalue weighted by Gasteiger charge is -2.02. The number of hydrogen-bond acceptors (Lipinski definition) is 2. The molecule has 1 amide bonds. The van der Waals surface area contributed by atoms with Gasteiger partial charge in [-0.2, -0.15) is 4.39 Å². The van der Waals surface area contributed by atoms with Gasteiger partial charge in [0.1, 0.15) is 0 Å². The molecule has 0 radical (unpaired) electrons. The van der Waals surface area contributed by atoms with E-state index < -0.39 is 17.5 Å². The summed E-state index contributed by atoms with van der Waals surface area (Å²) < 4.78 is 31.1. The molecule has 1 aromatic rings. The number of carbonyl (C=O) groups excluding carboxylic acids is 1. The average Bonchev–Trinajstić information content (AvgIpc) is 2.24. The molecule has 16 heavy (non-hydrogen) atoms. The predicted octanol–water partition coefficient (Wildman–Crippen LogP) is 1.20. The van der Waals surface area contributed by atoms with Crippen molar-refractivity contribution in [3.8, 4) is 17.6 Å². The summed E-state index contributed by atoms with van der Waals surface area (Å²) in [5.41, 5.74) is 4.70. The van der Waals surface area contributed by atoms with E-state index in [4.69, 9.17) is 5.73 Å². The second-order valence-corrected chi connectivity index (χ2v) is 2.89. The maximum atomic E-state index is 13.3. The lowest BCUT2D eigenvalue weighted by atomic mass is 10.2. The Morgan fingerprint density at radius 3 is 2.69 bits per heavy atom. The van der Waals surface area contributed by atoms with Crippen LogP contribution in [0.4, 0.5) is 8.78 Å². The Balaban J connectivity index is 3.02. The maximum Gasteiger partial charge on any atom is 0.229 e. The molecule has 1 aromatic carbocycles. The van der Waals surface area contributed by atoms with Crippen molar-refractivity contribution in [2.75, 3.05) is 7.11 Å². The number of hydrogen-bond donors (Lipinski definition) is 1. The Kier molecular flexibility index (Phi) is 3.84. The number of nitrogens with two attached hydrogens (primary N) is 1. The lowest BCUT2D eigenvalue weighted by Crippen LogP contribution is -2.08. The number of carbonyl (C=O) groups is 1. The van der Waals surface area contributed by atoms with E-state index >= 15 is 0 Å². The largest absolute Gasteiger partial charge is 0.494 e. The zero-order chi connectivity index (χ0) is 12.1. The minimum atomic E-state index is -1.10. The first-order chi connectivity index (χ1) is 7.56. The second kappa shape index (κ2) is 5.12. The molecule has 5 heteroatoms. The molecule has 3 nitrogen and oxygen atoms in total. The van der Waals surface area contributed by atoms with Crippen LogP contribution in [0.3, 0.4) is 0 Å². The Morgan fingerprint density at radius 2 is 2.12 bits per heavy atom. The molecule has 0 aliphatic rings. The monoisotopic (exact) mass is 225 g/mol. The van der Waals surface area contributed by atoms with E-state index in [0.29, 0.717) is 0 Å². The van der Waals surface area contributed by atoms with Crippen LogP contribution < -0.4 is 10.5 Å². The normalized spacial score (nSPS) is 9.19. The van der Waals surface area contributed by atoms with Gasteiger partial charge < -0.3 is 10.5 Å². The molecule has 0 aliphatic heterocycles. The third-order valence-corrected chi connectivity index (χ3v) is 1.75. The number of halogens is 2. The van der Waals surface area contributed by atoms with Crippen LogP contribution >= 0.6 is 0 Å². The van der Waals surface area contributed by atoms with Crippen molar-refractivity contribution in [1.29, 1.82) is 0 Å². The molecule has 84 valence electrons. The smallest absolute Gasteiger partial charge is 0.229 e. The molecule has 0 spiro atoms. The minimum absolute atomic E-state index is 0.139. The molecule has 0 unspecified atom stereocenters. The van der Waals surface area contributed by atoms with Crippen molar-refractivity contribution in [2.24, 2.45) is 5.73 Å². The van der Waals surface area contributed by atoms with E-state index in [1.165, 1.54) is 19.2 Å². The third-order valence-electron chi connectivity index (χ3n) is 1.75. The quantitative estimate of drug-likeness (QED) is 0.769. The average molecular weight is 225 g/mol. The van der Waals surface area contributed by atoms with Crippen LogP contribution in [0.1, 0.15) is 12.0 Å². The van der Waals surface area contributed by atoms with Crippen LogP contribution in [0, 0.1) is 23.5 Å². The summed E-state index contributed by atoms with van der Waals surface area (Å²) >= 11 is 0. The highest BCUT2D eigenvalue weighted by atomic mass is 19.2. The van der Waals surface area contributed by atoms with Gasteiger partial charge >= 0.3 is 0 Å². The number of primary amides is 1. The van der Waals surface area contributed by atoms with Crippen LogP contribution in [0.2, 0.25) is 0 Å². The highest BCUT2D eigenvalue weighted by molar-refractivity contribution is 5.76. The molecule has 1 rings (SSSR count). The van der Waals surface area contributed by atoms with E-state index in [2.05, 4.69) is 16.6 Å². The molecule has 0 saturated heterocycles. The fourth-order valence-electron chi connectivity index (χ4n) is 1.01. The Bertz CT molecular complexity index is 475. The maximum absolute atomic E-state index is 13.3. The van der Waals surface area contributed by atoms with Crippen LogP contribution in [-0.4, -0.2) is 13.0 Å². The van der Waals surface area contributed by atoms with Gasteiger partial charge in [-0.1, -0.05) is 11.8 Å². The minimum Gasteiger partial charge on any atom is -0.494 e. The Morgan fingerprint density at radius 1 is 1.44 bits per heavy atom. The standard InChI is InChI=1S/C11H9F2NO2/c1-16-8-6-5-7(10(12)11(8)13)3-2-4-9(14)15/h5-6H,4H2,1H3,(H2,14,15). The Hall–Kier alpha value is -2.09. The van der Waals surface area contributed by atoms with Gasteiger partial charge in [-0.15, -0.1) is 0 Å². The summed E-state index contributed by atoms with van der Waals surface area (Å²) in [5.74, 6) is 1.63. The lowest BCUT2D eigenvalue weighted by molar-refractivity contribution is -0.117. The predicted molar refractivity (Wildman–Crippen MR) is 53.6 cm³/mol. The topological polar surface area (TPSA) is 52.3 Å². The summed E-state index contributed by atoms with van der Waals surface area (Å²) in [5, 5.41) is 0. The van der Waals surface area contributed by atoms with E-state index in [9.17, 15) is 13.6 Å². The van der Waals surface area contributed by atoms with Crippen LogP contribution in [0.25, 0.3) is 0 Å². The molecule has 0 bridgehead atoms. The van der Waals surface area contributed by atoms with Crippen LogP contribution in [-0.2, 0) is 4.79 Å². The molecular formula is C11H9F2NO2. The van der Waals surface area contributed by atoms with Crippen molar-refractivity contribution in [3.63, 3.8) is 0 Å². The first-order valence-electron chi connectivity index (χ1n) is 4.35. The van der Waals surface area contributed by atoms with Gasteiger partial charge in [-0.25, -0.2) is 4.39 Å². The van der Waals surface area contributed by atoms with Gasteiger partial charge in [0.05, 0.1) is 19.1 Å². The van der Waals surface area contributed by atoms with E-state index in [1.807, 2.05) is 0 Å². The summed E-state index contributed by atoms with van der Waals surface area (Å²) in [6.07, 6.45) is -0.201. The number of methoxy groups -OCH3 is 1. The zero-order valence-corrected chi connectivity index (χ0v) is 8.51. The van der Waals surface area contributed by atoms with Crippen molar-refractivity contribution in [3.05, 3.63) is 29.3 Å². The van der Waals surface area contributed by atoms with Gasteiger partial charge in [0.25, 0.3) is 0 Å². The Labute approximate surface area is 91.2 Å². The van der Waals surface area contributed by atoms with Crippen molar-refractivity contribution < 1.29 is 18.3 Å². The summed E-state index contributed by atoms with van der Waals surface area (Å²) in [6.45, 7) is 0. The molecule has 0 aromatic heterocycles. The van der Waals surface area contributed by atoms with Crippen molar-refractivity contribution in [1.82, 2.24) is 0 Å². The highest BCUT2D eigenvalue weighted by Crippen LogP contribution is 2.21. The van der Waals surface area contributed by atoms with Crippen LogP contribution in [0.15, 0.2) is 12.1 Å². The summed E-state index contributed by atoms with van der Waals surface area (Å²) in [4.78, 5) is 10.4. The number of amides is 1. The van der Waals surface area contributed by atoms with Crippen molar-refractivity contribution >= 4 is 5.91 Å². The number of ether oxygens (including phenoxy) is 1. The number of benzene rings is 1. The second-order valence-electron chi connectivity index (χ2n) is 2.89. The fraction of sp³-hybridized carbons (Fsp3) is 0.182. The van der Waals surface area contributed by atoms with Gasteiger partial charge in [0.2, 0.25) is 11.7 Å². The first kappa shape index (κ1) is 12.0. The molecule has 0 atom stereocenters. The van der Waals surface area contributed by atoms with E-state index in [0.717, 1.165) is 0 Å². The molecule has 0 heterocycles. The van der Waals surface area contributed by atoms with Crippen molar-refractivity contribution in [2.45, 2.75) is 6.42 Å². The van der Waals surface area contributed by atoms with Crippen LogP contribution in [0.5, 0.6) is 5.75 Å². The van der Waals surface area contributed by atoms with Gasteiger partial charge in [-0.3, -0.25) is 4.79 Å². The molecule has 0 aliphatic carbocycles. The highest BCUT2D eigenvalue weighted by Gasteiger charge is 2.12. The summed E-state index contributed by atoms with van der Waals surface area (Å²) in [6, 6.07) is 2.53. The van der Waals surface area contributed by atoms with E-state index in [-0.39, 0.29) is 17.7 Å². The molecule has 0 fully saturated rings. The number of rotatable bonds is 2. The fourth-order valence-corrected chi connectivity index (χ4v) is 1.01. The molecule has 2 N–H and O–H groups in total. The first-order valence-corrected chi connectivity index (χ1v) is 4.35. The molecular weight excluding hydrogens is 216 g/mol.